The second-order valence-corrected chi connectivity index (χ2v) is 4.50. The zero-order valence-electron chi connectivity index (χ0n) is 9.48. The second-order valence-electron chi connectivity index (χ2n) is 3.68. The van der Waals surface area contributed by atoms with Gasteiger partial charge in [0.15, 0.2) is 5.11 Å². The number of benzene rings is 2. The summed E-state index contributed by atoms with van der Waals surface area (Å²) in [6, 6.07) is 14.7. The van der Waals surface area contributed by atoms with E-state index < -0.39 is 0 Å². The van der Waals surface area contributed by atoms with Crippen molar-refractivity contribution in [1.29, 1.82) is 0 Å². The first-order valence-electron chi connectivity index (χ1n) is 5.33. The fourth-order valence-corrected chi connectivity index (χ4v) is 1.82. The number of thiocarbonyl (C=S) groups is 1. The molecule has 0 radical (unpaired) electrons. The Labute approximate surface area is 116 Å². The lowest BCUT2D eigenvalue weighted by molar-refractivity contribution is 1.59. The number of anilines is 3. The molecule has 2 rings (SSSR count). The molecule has 5 heteroatoms. The molecule has 0 aliphatic rings. The lowest BCUT2D eigenvalue weighted by Gasteiger charge is -2.11. The van der Waals surface area contributed by atoms with Crippen molar-refractivity contribution in [2.75, 3.05) is 16.4 Å². The molecule has 0 saturated carbocycles. The van der Waals surface area contributed by atoms with Gasteiger partial charge in [0.05, 0.1) is 10.7 Å². The zero-order chi connectivity index (χ0) is 13.0. The lowest BCUT2D eigenvalue weighted by Crippen LogP contribution is -2.19. The van der Waals surface area contributed by atoms with E-state index in [4.69, 9.17) is 29.6 Å². The highest BCUT2D eigenvalue weighted by Crippen LogP contribution is 2.20. The van der Waals surface area contributed by atoms with Crippen molar-refractivity contribution in [1.82, 2.24) is 0 Å². The van der Waals surface area contributed by atoms with Gasteiger partial charge in [0.1, 0.15) is 0 Å². The first-order chi connectivity index (χ1) is 8.65. The van der Waals surface area contributed by atoms with Crippen molar-refractivity contribution in [3.8, 4) is 0 Å². The lowest BCUT2D eigenvalue weighted by atomic mass is 10.3. The molecule has 0 aliphatic carbocycles. The summed E-state index contributed by atoms with van der Waals surface area (Å²) in [6.45, 7) is 0. The van der Waals surface area contributed by atoms with Crippen molar-refractivity contribution < 1.29 is 0 Å². The third-order valence-electron chi connectivity index (χ3n) is 2.29. The van der Waals surface area contributed by atoms with Crippen molar-refractivity contribution >= 4 is 46.0 Å². The van der Waals surface area contributed by atoms with Gasteiger partial charge in [-0.1, -0.05) is 23.7 Å². The third kappa shape index (κ3) is 3.35. The van der Waals surface area contributed by atoms with Crippen LogP contribution in [0.2, 0.25) is 5.02 Å². The van der Waals surface area contributed by atoms with Gasteiger partial charge in [-0.15, -0.1) is 0 Å². The van der Waals surface area contributed by atoms with Gasteiger partial charge < -0.3 is 16.4 Å². The summed E-state index contributed by atoms with van der Waals surface area (Å²) in [5.41, 5.74) is 7.96. The highest BCUT2D eigenvalue weighted by atomic mass is 35.5. The summed E-state index contributed by atoms with van der Waals surface area (Å²) in [6.07, 6.45) is 0. The summed E-state index contributed by atoms with van der Waals surface area (Å²) in [4.78, 5) is 0. The first-order valence-corrected chi connectivity index (χ1v) is 6.12. The normalized spacial score (nSPS) is 9.83. The van der Waals surface area contributed by atoms with Crippen LogP contribution in [-0.4, -0.2) is 5.11 Å². The molecule has 0 atom stereocenters. The molecule has 3 nitrogen and oxygen atoms in total. The number of hydrogen-bond donors (Lipinski definition) is 3. The zero-order valence-corrected chi connectivity index (χ0v) is 11.1. The number of rotatable bonds is 2. The molecule has 0 saturated heterocycles. The van der Waals surface area contributed by atoms with Crippen LogP contribution in [0.15, 0.2) is 48.5 Å². The van der Waals surface area contributed by atoms with Crippen molar-refractivity contribution in [2.45, 2.75) is 0 Å². The summed E-state index contributed by atoms with van der Waals surface area (Å²) >= 11 is 11.2. The summed E-state index contributed by atoms with van der Waals surface area (Å²) in [5, 5.41) is 7.18. The molecule has 0 amide bonds. The minimum absolute atomic E-state index is 0.480. The quantitative estimate of drug-likeness (QED) is 0.578. The molecule has 0 bridgehead atoms. The highest BCUT2D eigenvalue weighted by molar-refractivity contribution is 7.80. The van der Waals surface area contributed by atoms with Gasteiger partial charge in [0.2, 0.25) is 0 Å². The Morgan fingerprint density at radius 1 is 1.00 bits per heavy atom. The van der Waals surface area contributed by atoms with Crippen molar-refractivity contribution in [3.05, 3.63) is 53.6 Å². The van der Waals surface area contributed by atoms with Gasteiger partial charge in [-0.25, -0.2) is 0 Å². The van der Waals surface area contributed by atoms with Crippen LogP contribution in [0.5, 0.6) is 0 Å². The number of halogens is 1. The fourth-order valence-electron chi connectivity index (χ4n) is 1.41. The van der Waals surface area contributed by atoms with E-state index in [2.05, 4.69) is 10.6 Å². The standard InChI is InChI=1S/C13H12ClN3S/c14-11-3-1-2-4-12(11)17-13(18)16-10-7-5-9(15)6-8-10/h1-8H,15H2,(H2,16,17,18). The molecule has 92 valence electrons. The van der Waals surface area contributed by atoms with E-state index in [9.17, 15) is 0 Å². The number of hydrogen-bond acceptors (Lipinski definition) is 2. The van der Waals surface area contributed by atoms with E-state index >= 15 is 0 Å². The minimum Gasteiger partial charge on any atom is -0.399 e. The molecule has 18 heavy (non-hydrogen) atoms. The maximum Gasteiger partial charge on any atom is 0.175 e. The van der Waals surface area contributed by atoms with Crippen LogP contribution < -0.4 is 16.4 Å². The number of para-hydroxylation sites is 1. The van der Waals surface area contributed by atoms with Crippen LogP contribution in [0, 0.1) is 0 Å². The van der Waals surface area contributed by atoms with Gasteiger partial charge in [-0.3, -0.25) is 0 Å². The SMILES string of the molecule is Nc1ccc(NC(=S)Nc2ccccc2Cl)cc1. The maximum absolute atomic E-state index is 6.03. The van der Waals surface area contributed by atoms with E-state index in [1.54, 1.807) is 18.2 Å². The van der Waals surface area contributed by atoms with Crippen LogP contribution in [0.25, 0.3) is 0 Å². The van der Waals surface area contributed by atoms with Crippen molar-refractivity contribution in [3.63, 3.8) is 0 Å². The van der Waals surface area contributed by atoms with Gasteiger partial charge >= 0.3 is 0 Å². The highest BCUT2D eigenvalue weighted by Gasteiger charge is 2.01. The molecule has 0 spiro atoms. The molecule has 4 N–H and O–H groups in total. The van der Waals surface area contributed by atoms with Crippen LogP contribution in [0.4, 0.5) is 17.1 Å². The maximum atomic E-state index is 6.03. The van der Waals surface area contributed by atoms with Gasteiger partial charge in [-0.2, -0.15) is 0 Å². The average Bonchev–Trinajstić information content (AvgIpc) is 2.35. The number of nitrogen functional groups attached to an aromatic ring is 1. The molecular weight excluding hydrogens is 266 g/mol. The molecule has 2 aromatic rings. The Morgan fingerprint density at radius 2 is 1.67 bits per heavy atom. The van der Waals surface area contributed by atoms with Crippen molar-refractivity contribution in [2.24, 2.45) is 0 Å². The molecule has 0 aliphatic heterocycles. The smallest absolute Gasteiger partial charge is 0.175 e. The predicted octanol–water partition coefficient (Wildman–Crippen LogP) is 3.73. The van der Waals surface area contributed by atoms with E-state index in [0.29, 0.717) is 15.8 Å². The largest absolute Gasteiger partial charge is 0.399 e. The molecule has 0 aromatic heterocycles. The van der Waals surface area contributed by atoms with Gasteiger partial charge in [-0.05, 0) is 48.6 Å². The van der Waals surface area contributed by atoms with E-state index in [-0.39, 0.29) is 0 Å². The fraction of sp³-hybridized carbons (Fsp3) is 0. The summed E-state index contributed by atoms with van der Waals surface area (Å²) in [5.74, 6) is 0. The Hall–Kier alpha value is -1.78. The van der Waals surface area contributed by atoms with Gasteiger partial charge in [0, 0.05) is 11.4 Å². The van der Waals surface area contributed by atoms with Gasteiger partial charge in [0.25, 0.3) is 0 Å². The van der Waals surface area contributed by atoms with Crippen LogP contribution in [0.3, 0.4) is 0 Å². The molecule has 0 unspecified atom stereocenters. The predicted molar refractivity (Wildman–Crippen MR) is 82.1 cm³/mol. The Kier molecular flexibility index (Phi) is 4.02. The minimum atomic E-state index is 0.480. The third-order valence-corrected chi connectivity index (χ3v) is 2.82. The first kappa shape index (κ1) is 12.7. The number of nitrogens with two attached hydrogens (primary N) is 1. The Bertz CT molecular complexity index is 554. The molecule has 0 fully saturated rings. The average molecular weight is 278 g/mol. The Balaban J connectivity index is 2.01. The molecular formula is C13H12ClN3S. The molecule has 2 aromatic carbocycles. The van der Waals surface area contributed by atoms with Crippen LogP contribution in [-0.2, 0) is 0 Å². The second kappa shape index (κ2) is 5.71. The molecule has 0 heterocycles. The number of nitrogens with one attached hydrogen (secondary N) is 2. The van der Waals surface area contributed by atoms with E-state index in [1.807, 2.05) is 30.3 Å². The summed E-state index contributed by atoms with van der Waals surface area (Å²) < 4.78 is 0. The van der Waals surface area contributed by atoms with E-state index in [1.165, 1.54) is 0 Å². The topological polar surface area (TPSA) is 50.1 Å². The van der Waals surface area contributed by atoms with Crippen LogP contribution >= 0.6 is 23.8 Å². The summed E-state index contributed by atoms with van der Waals surface area (Å²) in [7, 11) is 0. The Morgan fingerprint density at radius 3 is 2.33 bits per heavy atom. The monoisotopic (exact) mass is 277 g/mol. The van der Waals surface area contributed by atoms with E-state index in [0.717, 1.165) is 11.4 Å². The van der Waals surface area contributed by atoms with Crippen LogP contribution in [0.1, 0.15) is 0 Å².